The van der Waals surface area contributed by atoms with Gasteiger partial charge in [0, 0.05) is 6.42 Å². The second-order valence-electron chi connectivity index (χ2n) is 5.65. The molecule has 0 aromatic rings. The van der Waals surface area contributed by atoms with Crippen molar-refractivity contribution >= 4 is 17.7 Å². The zero-order valence-electron chi connectivity index (χ0n) is 11.5. The largest absolute Gasteiger partial charge is 0.322 e. The molecule has 3 amide bonds. The summed E-state index contributed by atoms with van der Waals surface area (Å²) in [6.07, 6.45) is 7.60. The molecule has 1 saturated carbocycles. The summed E-state index contributed by atoms with van der Waals surface area (Å²) in [5.74, 6) is -0.181. The molecule has 1 saturated heterocycles. The van der Waals surface area contributed by atoms with Crippen LogP contribution in [-0.4, -0.2) is 35.2 Å². The van der Waals surface area contributed by atoms with Crippen LogP contribution in [0.2, 0.25) is 0 Å². The van der Waals surface area contributed by atoms with Gasteiger partial charge in [-0.2, -0.15) is 0 Å². The summed E-state index contributed by atoms with van der Waals surface area (Å²) in [6.45, 7) is 1.68. The second-order valence-corrected chi connectivity index (χ2v) is 5.65. The first-order valence-electron chi connectivity index (χ1n) is 7.21. The van der Waals surface area contributed by atoms with E-state index in [0.717, 1.165) is 6.42 Å². The Morgan fingerprint density at radius 3 is 2.63 bits per heavy atom. The van der Waals surface area contributed by atoms with Crippen LogP contribution >= 0.6 is 0 Å². The Labute approximate surface area is 113 Å². The van der Waals surface area contributed by atoms with Crippen molar-refractivity contribution in [2.75, 3.05) is 6.54 Å². The van der Waals surface area contributed by atoms with E-state index in [2.05, 4.69) is 5.32 Å². The lowest BCUT2D eigenvalue weighted by atomic mass is 9.86. The monoisotopic (exact) mass is 266 g/mol. The van der Waals surface area contributed by atoms with Crippen molar-refractivity contribution in [1.82, 2.24) is 10.2 Å². The van der Waals surface area contributed by atoms with Crippen LogP contribution in [0.3, 0.4) is 0 Å². The van der Waals surface area contributed by atoms with E-state index in [1.54, 1.807) is 6.92 Å². The number of nitrogens with zero attached hydrogens (tertiary/aromatic N) is 1. The predicted octanol–water partition coefficient (Wildman–Crippen LogP) is 1.22. The number of rotatable bonds is 3. The van der Waals surface area contributed by atoms with Gasteiger partial charge < -0.3 is 4.90 Å². The van der Waals surface area contributed by atoms with Crippen LogP contribution in [-0.2, 0) is 14.4 Å². The first kappa shape index (κ1) is 14.0. The van der Waals surface area contributed by atoms with Crippen molar-refractivity contribution < 1.29 is 14.4 Å². The van der Waals surface area contributed by atoms with Gasteiger partial charge in [-0.15, -0.1) is 0 Å². The Kier molecular flexibility index (Phi) is 4.56. The summed E-state index contributed by atoms with van der Waals surface area (Å²) in [4.78, 5) is 36.4. The normalized spacial score (nSPS) is 25.3. The summed E-state index contributed by atoms with van der Waals surface area (Å²) in [5.41, 5.74) is 0. The predicted molar refractivity (Wildman–Crippen MR) is 70.1 cm³/mol. The van der Waals surface area contributed by atoms with Crippen LogP contribution in [0.1, 0.15) is 51.9 Å². The van der Waals surface area contributed by atoms with Crippen LogP contribution in [0.5, 0.6) is 0 Å². The molecule has 5 heteroatoms. The van der Waals surface area contributed by atoms with E-state index in [4.69, 9.17) is 0 Å². The van der Waals surface area contributed by atoms with Gasteiger partial charge in [0.25, 0.3) is 0 Å². The molecule has 0 aromatic carbocycles. The van der Waals surface area contributed by atoms with E-state index < -0.39 is 6.04 Å². The fourth-order valence-corrected chi connectivity index (χ4v) is 2.97. The van der Waals surface area contributed by atoms with Gasteiger partial charge in [-0.05, 0) is 19.3 Å². The summed E-state index contributed by atoms with van der Waals surface area (Å²) >= 11 is 0. The summed E-state index contributed by atoms with van der Waals surface area (Å²) in [5, 5.41) is 2.25. The Hall–Kier alpha value is -1.39. The molecule has 1 N–H and O–H groups in total. The second kappa shape index (κ2) is 6.17. The van der Waals surface area contributed by atoms with Crippen molar-refractivity contribution in [1.29, 1.82) is 0 Å². The van der Waals surface area contributed by atoms with E-state index in [9.17, 15) is 14.4 Å². The third kappa shape index (κ3) is 3.55. The molecule has 106 valence electrons. The molecule has 2 aliphatic rings. The van der Waals surface area contributed by atoms with Crippen LogP contribution in [0.25, 0.3) is 0 Å². The Morgan fingerprint density at radius 2 is 1.95 bits per heavy atom. The van der Waals surface area contributed by atoms with Crippen molar-refractivity contribution in [3.63, 3.8) is 0 Å². The SMILES string of the molecule is CC1C(=O)NC(=O)CN1C(=O)CCC1CCCCC1. The van der Waals surface area contributed by atoms with Crippen LogP contribution in [0, 0.1) is 5.92 Å². The fourth-order valence-electron chi connectivity index (χ4n) is 2.97. The lowest BCUT2D eigenvalue weighted by molar-refractivity contribution is -0.149. The molecule has 0 bridgehead atoms. The van der Waals surface area contributed by atoms with Crippen molar-refractivity contribution in [3.05, 3.63) is 0 Å². The van der Waals surface area contributed by atoms with Crippen LogP contribution in [0.15, 0.2) is 0 Å². The lowest BCUT2D eigenvalue weighted by Crippen LogP contribution is -2.58. The molecule has 0 spiro atoms. The topological polar surface area (TPSA) is 66.5 Å². The maximum Gasteiger partial charge on any atom is 0.249 e. The van der Waals surface area contributed by atoms with Gasteiger partial charge in [-0.1, -0.05) is 32.1 Å². The Balaban J connectivity index is 1.84. The average molecular weight is 266 g/mol. The Bertz CT molecular complexity index is 375. The zero-order chi connectivity index (χ0) is 13.8. The zero-order valence-corrected chi connectivity index (χ0v) is 11.5. The Morgan fingerprint density at radius 1 is 1.26 bits per heavy atom. The summed E-state index contributed by atoms with van der Waals surface area (Å²) in [7, 11) is 0. The lowest BCUT2D eigenvalue weighted by Gasteiger charge is -2.32. The number of carbonyl (C=O) groups excluding carboxylic acids is 3. The highest BCUT2D eigenvalue weighted by atomic mass is 16.2. The number of carbonyl (C=O) groups is 3. The molecular weight excluding hydrogens is 244 g/mol. The quantitative estimate of drug-likeness (QED) is 0.781. The number of nitrogens with one attached hydrogen (secondary N) is 1. The van der Waals surface area contributed by atoms with Gasteiger partial charge in [0.1, 0.15) is 12.6 Å². The number of imide groups is 1. The molecule has 0 radical (unpaired) electrons. The standard InChI is InChI=1S/C14H22N2O3/c1-10-14(19)15-12(17)9-16(10)13(18)8-7-11-5-3-2-4-6-11/h10-11H,2-9H2,1H3,(H,15,17,19). The number of hydrogen-bond donors (Lipinski definition) is 1. The number of hydrogen-bond acceptors (Lipinski definition) is 3. The van der Waals surface area contributed by atoms with Gasteiger partial charge >= 0.3 is 0 Å². The highest BCUT2D eigenvalue weighted by molar-refractivity contribution is 6.04. The third-order valence-corrected chi connectivity index (χ3v) is 4.24. The smallest absolute Gasteiger partial charge is 0.249 e. The van der Waals surface area contributed by atoms with Crippen LogP contribution in [0.4, 0.5) is 0 Å². The minimum atomic E-state index is -0.531. The molecule has 0 aromatic heterocycles. The highest BCUT2D eigenvalue weighted by Gasteiger charge is 2.33. The van der Waals surface area contributed by atoms with Gasteiger partial charge in [0.05, 0.1) is 0 Å². The van der Waals surface area contributed by atoms with E-state index in [1.165, 1.54) is 37.0 Å². The molecule has 1 aliphatic heterocycles. The third-order valence-electron chi connectivity index (χ3n) is 4.24. The summed E-state index contributed by atoms with van der Waals surface area (Å²) < 4.78 is 0. The molecule has 2 fully saturated rings. The minimum absolute atomic E-state index is 0.0103. The van der Waals surface area contributed by atoms with E-state index in [-0.39, 0.29) is 24.3 Å². The van der Waals surface area contributed by atoms with Gasteiger partial charge in [0.2, 0.25) is 17.7 Å². The van der Waals surface area contributed by atoms with Crippen molar-refractivity contribution in [3.8, 4) is 0 Å². The molecule has 19 heavy (non-hydrogen) atoms. The van der Waals surface area contributed by atoms with Gasteiger partial charge in [-0.25, -0.2) is 0 Å². The van der Waals surface area contributed by atoms with Crippen molar-refractivity contribution in [2.45, 2.75) is 57.9 Å². The molecule has 1 aliphatic carbocycles. The average Bonchev–Trinajstić information content (AvgIpc) is 2.41. The maximum atomic E-state index is 12.1. The fraction of sp³-hybridized carbons (Fsp3) is 0.786. The summed E-state index contributed by atoms with van der Waals surface area (Å²) in [6, 6.07) is -0.531. The first-order chi connectivity index (χ1) is 9.08. The maximum absolute atomic E-state index is 12.1. The molecule has 1 unspecified atom stereocenters. The molecule has 2 rings (SSSR count). The molecule has 1 heterocycles. The van der Waals surface area contributed by atoms with Crippen molar-refractivity contribution in [2.24, 2.45) is 5.92 Å². The van der Waals surface area contributed by atoms with E-state index >= 15 is 0 Å². The first-order valence-corrected chi connectivity index (χ1v) is 7.21. The molecular formula is C14H22N2O3. The van der Waals surface area contributed by atoms with Gasteiger partial charge in [-0.3, -0.25) is 19.7 Å². The van der Waals surface area contributed by atoms with Crippen LogP contribution < -0.4 is 5.32 Å². The van der Waals surface area contributed by atoms with E-state index in [1.807, 2.05) is 0 Å². The molecule has 5 nitrogen and oxygen atoms in total. The number of piperazine rings is 1. The molecule has 1 atom stereocenters. The van der Waals surface area contributed by atoms with E-state index in [0.29, 0.717) is 12.3 Å². The van der Waals surface area contributed by atoms with Gasteiger partial charge in [0.15, 0.2) is 0 Å². The minimum Gasteiger partial charge on any atom is -0.322 e. The number of amides is 3. The highest BCUT2D eigenvalue weighted by Crippen LogP contribution is 2.27.